The predicted molar refractivity (Wildman–Crippen MR) is 85.5 cm³/mol. The first kappa shape index (κ1) is 16.8. The molecule has 0 radical (unpaired) electrons. The van der Waals surface area contributed by atoms with E-state index in [1.54, 1.807) is 0 Å². The molecule has 0 amide bonds. The number of hydrogen-bond acceptors (Lipinski definition) is 3. The predicted octanol–water partition coefficient (Wildman–Crippen LogP) is 3.06. The molecule has 0 aromatic rings. The van der Waals surface area contributed by atoms with Gasteiger partial charge in [0.2, 0.25) is 0 Å². The molecule has 122 valence electrons. The van der Waals surface area contributed by atoms with Crippen LogP contribution in [0.5, 0.6) is 0 Å². The van der Waals surface area contributed by atoms with Gasteiger partial charge < -0.3 is 15.7 Å². The van der Waals surface area contributed by atoms with E-state index in [1.165, 1.54) is 64.2 Å². The van der Waals surface area contributed by atoms with Crippen molar-refractivity contribution in [1.29, 1.82) is 0 Å². The maximum absolute atomic E-state index is 10.1. The van der Waals surface area contributed by atoms with Gasteiger partial charge in [-0.05, 0) is 45.1 Å². The molecule has 0 spiro atoms. The minimum Gasteiger partial charge on any atom is -0.480 e. The highest BCUT2D eigenvalue weighted by atomic mass is 16.4. The van der Waals surface area contributed by atoms with Gasteiger partial charge in [-0.2, -0.15) is 0 Å². The van der Waals surface area contributed by atoms with E-state index < -0.39 is 5.97 Å². The molecular weight excluding hydrogens is 264 g/mol. The topological polar surface area (TPSA) is 61.4 Å². The van der Waals surface area contributed by atoms with E-state index in [0.717, 1.165) is 31.5 Å². The number of carboxylic acids is 1. The van der Waals surface area contributed by atoms with Crippen LogP contribution in [0.15, 0.2) is 0 Å². The highest BCUT2D eigenvalue weighted by Crippen LogP contribution is 2.22. The Bertz CT molecular complexity index is 275. The molecule has 0 aromatic heterocycles. The number of carboxylic acid groups (broad SMARTS) is 1. The Morgan fingerprint density at radius 3 is 1.67 bits per heavy atom. The van der Waals surface area contributed by atoms with Crippen molar-refractivity contribution in [2.24, 2.45) is 0 Å². The van der Waals surface area contributed by atoms with Crippen LogP contribution in [0.1, 0.15) is 77.0 Å². The zero-order chi connectivity index (χ0) is 14.9. The lowest BCUT2D eigenvalue weighted by Crippen LogP contribution is -2.40. The Kier molecular flexibility index (Phi) is 7.51. The lowest BCUT2D eigenvalue weighted by atomic mass is 9.91. The summed E-state index contributed by atoms with van der Waals surface area (Å²) in [4.78, 5) is 10.1. The number of carbonyl (C=O) groups is 1. The smallest absolute Gasteiger partial charge is 0.320 e. The summed E-state index contributed by atoms with van der Waals surface area (Å²) in [6.45, 7) is 0.858. The summed E-state index contributed by atoms with van der Waals surface area (Å²) in [5.41, 5.74) is 0. The molecule has 3 N–H and O–H groups in total. The van der Waals surface area contributed by atoms with Crippen LogP contribution in [0.3, 0.4) is 0 Å². The Labute approximate surface area is 129 Å². The second-order valence-electron chi connectivity index (χ2n) is 6.82. The van der Waals surface area contributed by atoms with Crippen LogP contribution in [0.25, 0.3) is 0 Å². The zero-order valence-electron chi connectivity index (χ0n) is 13.3. The molecule has 2 saturated carbocycles. The van der Waals surface area contributed by atoms with Gasteiger partial charge in [0.15, 0.2) is 0 Å². The Morgan fingerprint density at radius 2 is 1.33 bits per heavy atom. The van der Waals surface area contributed by atoms with Crippen LogP contribution in [0.4, 0.5) is 0 Å². The second-order valence-corrected chi connectivity index (χ2v) is 6.82. The van der Waals surface area contributed by atoms with E-state index in [4.69, 9.17) is 5.11 Å². The van der Waals surface area contributed by atoms with Gasteiger partial charge in [-0.15, -0.1) is 0 Å². The van der Waals surface area contributed by atoms with Crippen LogP contribution in [0, 0.1) is 0 Å². The van der Waals surface area contributed by atoms with Crippen LogP contribution >= 0.6 is 0 Å². The molecule has 1 atom stereocenters. The monoisotopic (exact) mass is 296 g/mol. The molecule has 1 heterocycles. The van der Waals surface area contributed by atoms with Crippen molar-refractivity contribution in [3.63, 3.8) is 0 Å². The van der Waals surface area contributed by atoms with Crippen LogP contribution in [-0.2, 0) is 4.79 Å². The van der Waals surface area contributed by atoms with Gasteiger partial charge in [-0.25, -0.2) is 0 Å². The lowest BCUT2D eigenvalue weighted by Gasteiger charge is -2.30. The van der Waals surface area contributed by atoms with E-state index in [-0.39, 0.29) is 6.04 Å². The van der Waals surface area contributed by atoms with Crippen molar-refractivity contribution < 1.29 is 9.90 Å². The maximum atomic E-state index is 10.1. The summed E-state index contributed by atoms with van der Waals surface area (Å²) in [7, 11) is 0. The summed E-state index contributed by atoms with van der Waals surface area (Å²) in [5, 5.41) is 15.1. The summed E-state index contributed by atoms with van der Waals surface area (Å²) >= 11 is 0. The Morgan fingerprint density at radius 1 is 0.810 bits per heavy atom. The fourth-order valence-electron chi connectivity index (χ4n) is 3.77. The molecule has 21 heavy (non-hydrogen) atoms. The molecule has 0 unspecified atom stereocenters. The van der Waals surface area contributed by atoms with Crippen molar-refractivity contribution >= 4 is 5.97 Å². The minimum atomic E-state index is -0.720. The van der Waals surface area contributed by atoms with Gasteiger partial charge in [0, 0.05) is 12.1 Å². The van der Waals surface area contributed by atoms with E-state index in [0.29, 0.717) is 0 Å². The van der Waals surface area contributed by atoms with Crippen molar-refractivity contribution in [1.82, 2.24) is 10.6 Å². The summed E-state index contributed by atoms with van der Waals surface area (Å²) in [6, 6.07) is 1.48. The van der Waals surface area contributed by atoms with Crippen LogP contribution in [0.2, 0.25) is 0 Å². The third-order valence-corrected chi connectivity index (χ3v) is 5.04. The number of nitrogens with one attached hydrogen (secondary N) is 2. The normalized spacial score (nSPS) is 27.9. The fourth-order valence-corrected chi connectivity index (χ4v) is 3.77. The molecule has 3 aliphatic rings. The van der Waals surface area contributed by atoms with Crippen LogP contribution < -0.4 is 10.6 Å². The number of aliphatic carboxylic acids is 1. The van der Waals surface area contributed by atoms with Gasteiger partial charge >= 0.3 is 5.97 Å². The molecule has 3 fully saturated rings. The van der Waals surface area contributed by atoms with Gasteiger partial charge in [0.1, 0.15) is 6.04 Å². The van der Waals surface area contributed by atoms with Gasteiger partial charge in [-0.3, -0.25) is 4.79 Å². The largest absolute Gasteiger partial charge is 0.480 e. The molecule has 0 bridgehead atoms. The highest BCUT2D eigenvalue weighted by Gasteiger charge is 2.20. The first-order valence-corrected chi connectivity index (χ1v) is 8.98. The molecule has 2 aliphatic carbocycles. The molecule has 0 aromatic carbocycles. The van der Waals surface area contributed by atoms with Gasteiger partial charge in [0.05, 0.1) is 0 Å². The quantitative estimate of drug-likeness (QED) is 0.749. The van der Waals surface area contributed by atoms with Crippen molar-refractivity contribution in [2.75, 3.05) is 6.54 Å². The third kappa shape index (κ3) is 6.35. The van der Waals surface area contributed by atoms with Crippen molar-refractivity contribution in [2.45, 2.75) is 95.2 Å². The lowest BCUT2D eigenvalue weighted by molar-refractivity contribution is -0.139. The first-order chi connectivity index (χ1) is 10.3. The summed E-state index contributed by atoms with van der Waals surface area (Å²) < 4.78 is 0. The molecule has 4 nitrogen and oxygen atoms in total. The van der Waals surface area contributed by atoms with Crippen molar-refractivity contribution in [3.05, 3.63) is 0 Å². The zero-order valence-corrected chi connectivity index (χ0v) is 13.3. The van der Waals surface area contributed by atoms with Crippen molar-refractivity contribution in [3.8, 4) is 0 Å². The highest BCUT2D eigenvalue weighted by molar-refractivity contribution is 5.73. The summed E-state index contributed by atoms with van der Waals surface area (Å²) in [5.74, 6) is -0.720. The maximum Gasteiger partial charge on any atom is 0.320 e. The van der Waals surface area contributed by atoms with E-state index >= 15 is 0 Å². The molecule has 4 heteroatoms. The average molecular weight is 296 g/mol. The molecule has 1 saturated heterocycles. The van der Waals surface area contributed by atoms with E-state index in [2.05, 4.69) is 10.6 Å². The average Bonchev–Trinajstić information content (AvgIpc) is 3.05. The first-order valence-electron chi connectivity index (χ1n) is 8.98. The Hall–Kier alpha value is -0.610. The minimum absolute atomic E-state index is 0.269. The number of rotatable bonds is 3. The van der Waals surface area contributed by atoms with Crippen LogP contribution in [-0.4, -0.2) is 35.7 Å². The van der Waals surface area contributed by atoms with Gasteiger partial charge in [0.25, 0.3) is 0 Å². The number of hydrogen-bond donors (Lipinski definition) is 3. The summed E-state index contributed by atoms with van der Waals surface area (Å²) in [6.07, 6.45) is 16.3. The molecular formula is C17H32N2O2. The standard InChI is InChI=1S/C12H23N.C5H9NO2/c1-3-7-11(8-4-1)13-12-9-5-2-6-10-12;7-5(8)4-2-1-3-6-4/h11-13H,1-10H2;4,6H,1-3H2,(H,7,8)/t;4-/m.0/s1. The SMILES string of the molecule is C1CCC(NC2CCCCC2)CC1.O=C(O)[C@@H]1CCCN1. The fraction of sp³-hybridized carbons (Fsp3) is 0.941. The van der Waals surface area contributed by atoms with E-state index in [9.17, 15) is 4.79 Å². The third-order valence-electron chi connectivity index (χ3n) is 5.04. The Balaban J connectivity index is 0.000000173. The van der Waals surface area contributed by atoms with E-state index in [1.807, 2.05) is 0 Å². The molecule has 3 rings (SSSR count). The second kappa shape index (κ2) is 9.42. The van der Waals surface area contributed by atoms with Gasteiger partial charge in [-0.1, -0.05) is 38.5 Å². The molecule has 1 aliphatic heterocycles.